The Hall–Kier alpha value is -1.20. The number of halogens is 1. The quantitative estimate of drug-likeness (QED) is 0.817. The first-order valence-corrected chi connectivity index (χ1v) is 7.94. The second kappa shape index (κ2) is 7.71. The molecule has 1 atom stereocenters. The van der Waals surface area contributed by atoms with Gasteiger partial charge in [0.25, 0.3) is 0 Å². The minimum absolute atomic E-state index is 0.0123. The van der Waals surface area contributed by atoms with E-state index < -0.39 is 0 Å². The molecular formula is C15H21ClN2O2S. The molecule has 0 spiro atoms. The maximum atomic E-state index is 11.9. The van der Waals surface area contributed by atoms with Gasteiger partial charge < -0.3 is 10.6 Å². The van der Waals surface area contributed by atoms with Gasteiger partial charge in [-0.25, -0.2) is 0 Å². The van der Waals surface area contributed by atoms with Crippen molar-refractivity contribution >= 4 is 35.2 Å². The Bertz CT molecular complexity index is 497. The number of carbonyl (C=O) groups excluding carboxylic acids is 2. The highest BCUT2D eigenvalue weighted by atomic mass is 35.5. The molecule has 0 aliphatic rings. The molecule has 1 unspecified atom stereocenters. The van der Waals surface area contributed by atoms with Crippen LogP contribution in [0.15, 0.2) is 29.2 Å². The van der Waals surface area contributed by atoms with Crippen molar-refractivity contribution in [3.05, 3.63) is 29.3 Å². The van der Waals surface area contributed by atoms with Crippen LogP contribution in [0.2, 0.25) is 5.02 Å². The zero-order valence-corrected chi connectivity index (χ0v) is 14.3. The number of carbonyl (C=O) groups is 2. The van der Waals surface area contributed by atoms with Gasteiger partial charge in [-0.05, 0) is 52.0 Å². The van der Waals surface area contributed by atoms with Crippen molar-refractivity contribution in [3.8, 4) is 0 Å². The lowest BCUT2D eigenvalue weighted by molar-refractivity contribution is -0.126. The van der Waals surface area contributed by atoms with Crippen molar-refractivity contribution in [3.63, 3.8) is 0 Å². The zero-order chi connectivity index (χ0) is 16.0. The van der Waals surface area contributed by atoms with Crippen LogP contribution in [0.3, 0.4) is 0 Å². The molecule has 0 saturated heterocycles. The average molecular weight is 329 g/mol. The summed E-state index contributed by atoms with van der Waals surface area (Å²) in [4.78, 5) is 24.5. The number of hydrogen-bond donors (Lipinski definition) is 2. The molecule has 0 radical (unpaired) electrons. The van der Waals surface area contributed by atoms with Crippen molar-refractivity contribution in [1.29, 1.82) is 0 Å². The normalized spacial score (nSPS) is 12.6. The molecular weight excluding hydrogens is 308 g/mol. The van der Waals surface area contributed by atoms with Gasteiger partial charge in [-0.2, -0.15) is 0 Å². The van der Waals surface area contributed by atoms with E-state index in [1.165, 1.54) is 11.8 Å². The Morgan fingerprint density at radius 3 is 2.33 bits per heavy atom. The van der Waals surface area contributed by atoms with E-state index in [4.69, 9.17) is 11.6 Å². The average Bonchev–Trinajstić information content (AvgIpc) is 2.36. The molecule has 0 aliphatic heterocycles. The van der Waals surface area contributed by atoms with E-state index in [0.717, 1.165) is 4.90 Å². The predicted molar refractivity (Wildman–Crippen MR) is 87.7 cm³/mol. The second-order valence-corrected chi connectivity index (χ2v) is 7.58. The summed E-state index contributed by atoms with van der Waals surface area (Å²) < 4.78 is 0. The minimum atomic E-state index is -0.300. The maximum Gasteiger partial charge on any atom is 0.239 e. The molecule has 0 heterocycles. The number of thioether (sulfide) groups is 1. The number of hydrogen-bond acceptors (Lipinski definition) is 3. The minimum Gasteiger partial charge on any atom is -0.350 e. The lowest BCUT2D eigenvalue weighted by Crippen LogP contribution is -2.46. The van der Waals surface area contributed by atoms with Gasteiger partial charge in [0.05, 0.1) is 11.8 Å². The van der Waals surface area contributed by atoms with Crippen LogP contribution in [0, 0.1) is 0 Å². The van der Waals surface area contributed by atoms with Gasteiger partial charge in [0.1, 0.15) is 0 Å². The third kappa shape index (κ3) is 7.39. The summed E-state index contributed by atoms with van der Waals surface area (Å²) in [5.74, 6) is -0.362. The van der Waals surface area contributed by atoms with Gasteiger partial charge in [0.15, 0.2) is 0 Å². The van der Waals surface area contributed by atoms with Gasteiger partial charge in [-0.3, -0.25) is 9.59 Å². The van der Waals surface area contributed by atoms with Gasteiger partial charge in [-0.15, -0.1) is 11.8 Å². The number of benzene rings is 1. The van der Waals surface area contributed by atoms with E-state index in [2.05, 4.69) is 10.6 Å². The summed E-state index contributed by atoms with van der Waals surface area (Å²) in [6, 6.07) is 7.29. The van der Waals surface area contributed by atoms with Crippen LogP contribution >= 0.6 is 23.4 Å². The third-order valence-corrected chi connectivity index (χ3v) is 3.80. The fraction of sp³-hybridized carbons (Fsp3) is 0.467. The summed E-state index contributed by atoms with van der Waals surface area (Å²) in [6.45, 7) is 7.47. The largest absolute Gasteiger partial charge is 0.350 e. The molecule has 2 N–H and O–H groups in total. The Morgan fingerprint density at radius 2 is 1.81 bits per heavy atom. The smallest absolute Gasteiger partial charge is 0.239 e. The zero-order valence-electron chi connectivity index (χ0n) is 12.7. The summed E-state index contributed by atoms with van der Waals surface area (Å²) in [5.41, 5.74) is -0.300. The molecule has 0 aliphatic carbocycles. The van der Waals surface area contributed by atoms with E-state index in [1.54, 1.807) is 19.1 Å². The van der Waals surface area contributed by atoms with Crippen LogP contribution in [0.4, 0.5) is 0 Å². The van der Waals surface area contributed by atoms with Crippen molar-refractivity contribution in [2.45, 2.75) is 43.4 Å². The number of nitrogens with one attached hydrogen (secondary N) is 2. The van der Waals surface area contributed by atoms with Crippen molar-refractivity contribution < 1.29 is 9.59 Å². The summed E-state index contributed by atoms with van der Waals surface area (Å²) >= 11 is 7.24. The monoisotopic (exact) mass is 328 g/mol. The van der Waals surface area contributed by atoms with Crippen LogP contribution in [0.25, 0.3) is 0 Å². The second-order valence-electron chi connectivity index (χ2n) is 5.73. The molecule has 0 bridgehead atoms. The first kappa shape index (κ1) is 17.9. The van der Waals surface area contributed by atoms with Crippen LogP contribution in [0.5, 0.6) is 0 Å². The first-order chi connectivity index (χ1) is 9.67. The Balaban J connectivity index is 2.41. The van der Waals surface area contributed by atoms with E-state index in [-0.39, 0.29) is 29.1 Å². The van der Waals surface area contributed by atoms with Crippen molar-refractivity contribution in [1.82, 2.24) is 10.6 Å². The first-order valence-electron chi connectivity index (χ1n) is 6.68. The highest BCUT2D eigenvalue weighted by Gasteiger charge is 2.17. The fourth-order valence-corrected chi connectivity index (χ4v) is 2.56. The molecule has 0 fully saturated rings. The van der Waals surface area contributed by atoms with Gasteiger partial charge >= 0.3 is 0 Å². The molecule has 4 nitrogen and oxygen atoms in total. The molecule has 0 saturated carbocycles. The molecule has 2 amide bonds. The molecule has 1 aromatic rings. The van der Waals surface area contributed by atoms with Gasteiger partial charge in [0, 0.05) is 15.5 Å². The highest BCUT2D eigenvalue weighted by molar-refractivity contribution is 8.00. The summed E-state index contributed by atoms with van der Waals surface area (Å²) in [6.07, 6.45) is 0. The highest BCUT2D eigenvalue weighted by Crippen LogP contribution is 2.24. The van der Waals surface area contributed by atoms with Crippen LogP contribution in [0.1, 0.15) is 27.7 Å². The van der Waals surface area contributed by atoms with Crippen LogP contribution < -0.4 is 10.6 Å². The number of rotatable bonds is 5. The fourth-order valence-electron chi connectivity index (χ4n) is 1.54. The van der Waals surface area contributed by atoms with Gasteiger partial charge in [-0.1, -0.05) is 11.6 Å². The van der Waals surface area contributed by atoms with Crippen molar-refractivity contribution in [2.24, 2.45) is 0 Å². The summed E-state index contributed by atoms with van der Waals surface area (Å²) in [7, 11) is 0. The van der Waals surface area contributed by atoms with Crippen LogP contribution in [-0.2, 0) is 9.59 Å². The van der Waals surface area contributed by atoms with Crippen molar-refractivity contribution in [2.75, 3.05) is 6.54 Å². The lowest BCUT2D eigenvalue weighted by Gasteiger charge is -2.21. The van der Waals surface area contributed by atoms with E-state index in [0.29, 0.717) is 5.02 Å². The molecule has 1 aromatic carbocycles. The molecule has 6 heteroatoms. The SMILES string of the molecule is CC(Sc1ccc(Cl)cc1)C(=O)NCC(=O)NC(C)(C)C. The predicted octanol–water partition coefficient (Wildman–Crippen LogP) is 2.85. The topological polar surface area (TPSA) is 58.2 Å². The standard InChI is InChI=1S/C15H21ClN2O2S/c1-10(21-12-7-5-11(16)6-8-12)14(20)17-9-13(19)18-15(2,3)4/h5-8,10H,9H2,1-4H3,(H,17,20)(H,18,19). The maximum absolute atomic E-state index is 11.9. The summed E-state index contributed by atoms with van der Waals surface area (Å²) in [5, 5.41) is 5.81. The van der Waals surface area contributed by atoms with Crippen LogP contribution in [-0.4, -0.2) is 29.1 Å². The molecule has 21 heavy (non-hydrogen) atoms. The van der Waals surface area contributed by atoms with E-state index >= 15 is 0 Å². The Labute approximate surface area is 135 Å². The Kier molecular flexibility index (Phi) is 6.55. The van der Waals surface area contributed by atoms with Gasteiger partial charge in [0.2, 0.25) is 11.8 Å². The lowest BCUT2D eigenvalue weighted by atomic mass is 10.1. The molecule has 1 rings (SSSR count). The number of amides is 2. The molecule has 116 valence electrons. The Morgan fingerprint density at radius 1 is 1.24 bits per heavy atom. The molecule has 0 aromatic heterocycles. The van der Waals surface area contributed by atoms with E-state index in [9.17, 15) is 9.59 Å². The van der Waals surface area contributed by atoms with E-state index in [1.807, 2.05) is 32.9 Å². The third-order valence-electron chi connectivity index (χ3n) is 2.43.